The van der Waals surface area contributed by atoms with Gasteiger partial charge in [0.1, 0.15) is 6.04 Å². The Morgan fingerprint density at radius 2 is 1.57 bits per heavy atom. The van der Waals surface area contributed by atoms with E-state index in [2.05, 4.69) is 5.32 Å². The molecule has 1 fully saturated rings. The summed E-state index contributed by atoms with van der Waals surface area (Å²) in [6.07, 6.45) is 5.07. The van der Waals surface area contributed by atoms with Crippen LogP contribution in [0, 0.1) is 11.8 Å². The van der Waals surface area contributed by atoms with Gasteiger partial charge in [0.25, 0.3) is 0 Å². The lowest BCUT2D eigenvalue weighted by atomic mass is 9.85. The summed E-state index contributed by atoms with van der Waals surface area (Å²) in [7, 11) is 1.52. The van der Waals surface area contributed by atoms with Gasteiger partial charge in [0.15, 0.2) is 0 Å². The number of benzene rings is 2. The number of likely N-dealkylation sites (tertiary alicyclic amines) is 1. The van der Waals surface area contributed by atoms with E-state index >= 15 is 0 Å². The van der Waals surface area contributed by atoms with Crippen LogP contribution in [0.1, 0.15) is 30.4 Å². The largest absolute Gasteiger partial charge is 0.357 e. The Hall–Kier alpha value is -3.16. The van der Waals surface area contributed by atoms with Crippen molar-refractivity contribution in [3.63, 3.8) is 0 Å². The zero-order chi connectivity index (χ0) is 26.5. The fourth-order valence-electron chi connectivity index (χ4n) is 5.01. The van der Waals surface area contributed by atoms with Gasteiger partial charge in [0, 0.05) is 48.6 Å². The Labute approximate surface area is 226 Å². The molecule has 2 aliphatic rings. The Morgan fingerprint density at radius 1 is 0.973 bits per heavy atom. The number of allylic oxidation sites excluding steroid dienone is 2. The van der Waals surface area contributed by atoms with Crippen LogP contribution >= 0.6 is 23.2 Å². The number of carbonyl (C=O) groups excluding carboxylic acids is 4. The highest BCUT2D eigenvalue weighted by Crippen LogP contribution is 2.35. The number of likely N-dealkylation sites (N-methyl/N-ethyl adjacent to an activating group) is 1. The number of fused-ring (bicyclic) bond motifs is 1. The molecular formula is C28H29Cl2N3O4. The molecule has 37 heavy (non-hydrogen) atoms. The summed E-state index contributed by atoms with van der Waals surface area (Å²) in [5.74, 6) is -1.91. The highest BCUT2D eigenvalue weighted by Gasteiger charge is 2.47. The Balaban J connectivity index is 1.59. The molecule has 0 aromatic heterocycles. The number of nitrogens with one attached hydrogen (secondary N) is 1. The van der Waals surface area contributed by atoms with E-state index in [4.69, 9.17) is 23.2 Å². The topological polar surface area (TPSA) is 86.8 Å². The van der Waals surface area contributed by atoms with Gasteiger partial charge in [-0.05, 0) is 30.5 Å². The third kappa shape index (κ3) is 5.89. The van der Waals surface area contributed by atoms with Gasteiger partial charge < -0.3 is 10.2 Å². The summed E-state index contributed by atoms with van der Waals surface area (Å²) in [5.41, 5.74) is 1.40. The van der Waals surface area contributed by atoms with Gasteiger partial charge in [-0.25, -0.2) is 0 Å². The standard InChI is InChI=1S/C28H29Cl2N3O4/c1-31-26(35)24(16-18-8-3-2-4-9-18)33(17-21-22(29)12-7-13-23(21)30)25(34)14-15-32-27(36)19-10-5-6-11-20(19)28(32)37/h2-9,12-13,19-20,24H,10-11,14-17H2,1H3,(H,31,35)/t19-,20+,24-/m0/s1. The Kier molecular flexibility index (Phi) is 8.67. The normalized spacial score (nSPS) is 19.5. The lowest BCUT2D eigenvalue weighted by Gasteiger charge is -2.32. The predicted octanol–water partition coefficient (Wildman–Crippen LogP) is 4.02. The number of halogens is 2. The molecular weight excluding hydrogens is 513 g/mol. The van der Waals surface area contributed by atoms with Crippen LogP contribution in [0.15, 0.2) is 60.7 Å². The Bertz CT molecular complexity index is 1170. The number of nitrogens with zero attached hydrogens (tertiary/aromatic N) is 2. The number of amides is 4. The van der Waals surface area contributed by atoms with E-state index in [9.17, 15) is 19.2 Å². The number of rotatable bonds is 9. The summed E-state index contributed by atoms with van der Waals surface area (Å²) >= 11 is 12.8. The maximum atomic E-state index is 13.7. The van der Waals surface area contributed by atoms with Crippen LogP contribution < -0.4 is 5.32 Å². The average Bonchev–Trinajstić information content (AvgIpc) is 3.15. The molecule has 0 unspecified atom stereocenters. The van der Waals surface area contributed by atoms with Gasteiger partial charge in [0.05, 0.1) is 11.8 Å². The molecule has 1 saturated heterocycles. The minimum absolute atomic E-state index is 0.000672. The molecule has 1 heterocycles. The fourth-order valence-corrected chi connectivity index (χ4v) is 5.53. The predicted molar refractivity (Wildman–Crippen MR) is 142 cm³/mol. The molecule has 194 valence electrons. The SMILES string of the molecule is CNC(=O)[C@H](Cc1ccccc1)N(Cc1c(Cl)cccc1Cl)C(=O)CCN1C(=O)[C@H]2CC=CC[C@H]2C1=O. The van der Waals surface area contributed by atoms with E-state index < -0.39 is 6.04 Å². The van der Waals surface area contributed by atoms with E-state index in [0.29, 0.717) is 28.5 Å². The third-order valence-corrected chi connectivity index (χ3v) is 7.76. The van der Waals surface area contributed by atoms with E-state index in [1.807, 2.05) is 42.5 Å². The molecule has 0 radical (unpaired) electrons. The van der Waals surface area contributed by atoms with Crippen molar-refractivity contribution in [2.75, 3.05) is 13.6 Å². The highest BCUT2D eigenvalue weighted by atomic mass is 35.5. The molecule has 0 saturated carbocycles. The van der Waals surface area contributed by atoms with Gasteiger partial charge in [-0.15, -0.1) is 0 Å². The molecule has 4 rings (SSSR count). The second-order valence-electron chi connectivity index (χ2n) is 9.28. The molecule has 1 aliphatic carbocycles. The lowest BCUT2D eigenvalue weighted by Crippen LogP contribution is -2.50. The van der Waals surface area contributed by atoms with Crippen LogP contribution in [0.5, 0.6) is 0 Å². The molecule has 4 amide bonds. The van der Waals surface area contributed by atoms with Crippen LogP contribution in [-0.4, -0.2) is 53.1 Å². The summed E-state index contributed by atoms with van der Waals surface area (Å²) in [6.45, 7) is -0.0403. The van der Waals surface area contributed by atoms with Crippen molar-refractivity contribution in [2.24, 2.45) is 11.8 Å². The van der Waals surface area contributed by atoms with Gasteiger partial charge in [0.2, 0.25) is 23.6 Å². The van der Waals surface area contributed by atoms with Crippen molar-refractivity contribution in [1.29, 1.82) is 0 Å². The van der Waals surface area contributed by atoms with Crippen molar-refractivity contribution in [3.05, 3.63) is 81.9 Å². The van der Waals surface area contributed by atoms with Crippen LogP contribution in [0.25, 0.3) is 0 Å². The zero-order valence-electron chi connectivity index (χ0n) is 20.5. The van der Waals surface area contributed by atoms with Crippen molar-refractivity contribution in [2.45, 2.75) is 38.3 Å². The second kappa shape index (κ2) is 11.9. The van der Waals surface area contributed by atoms with Gasteiger partial charge in [-0.3, -0.25) is 24.1 Å². The van der Waals surface area contributed by atoms with Gasteiger partial charge in [-0.1, -0.05) is 71.8 Å². The van der Waals surface area contributed by atoms with Gasteiger partial charge in [-0.2, -0.15) is 0 Å². The van der Waals surface area contributed by atoms with Crippen LogP contribution in [0.3, 0.4) is 0 Å². The van der Waals surface area contributed by atoms with Crippen LogP contribution in [0.4, 0.5) is 0 Å². The number of imide groups is 1. The first kappa shape index (κ1) is 26.9. The summed E-state index contributed by atoms with van der Waals surface area (Å²) in [6, 6.07) is 13.6. The molecule has 7 nitrogen and oxygen atoms in total. The summed E-state index contributed by atoms with van der Waals surface area (Å²) in [4.78, 5) is 55.2. The van der Waals surface area contributed by atoms with Crippen LogP contribution in [0.2, 0.25) is 10.0 Å². The molecule has 1 N–H and O–H groups in total. The lowest BCUT2D eigenvalue weighted by molar-refractivity contribution is -0.144. The van der Waals surface area contributed by atoms with E-state index in [1.54, 1.807) is 18.2 Å². The van der Waals surface area contributed by atoms with Gasteiger partial charge >= 0.3 is 0 Å². The molecule has 1 aliphatic heterocycles. The fraction of sp³-hybridized carbons (Fsp3) is 0.357. The third-order valence-electron chi connectivity index (χ3n) is 7.06. The maximum Gasteiger partial charge on any atom is 0.242 e. The Morgan fingerprint density at radius 3 is 2.14 bits per heavy atom. The van der Waals surface area contributed by atoms with E-state index in [1.165, 1.54) is 16.8 Å². The smallest absolute Gasteiger partial charge is 0.242 e. The molecule has 0 bridgehead atoms. The number of hydrogen-bond acceptors (Lipinski definition) is 4. The molecule has 2 aromatic carbocycles. The van der Waals surface area contributed by atoms with Crippen molar-refractivity contribution < 1.29 is 19.2 Å². The van der Waals surface area contributed by atoms with E-state index in [0.717, 1.165) is 5.56 Å². The first-order chi connectivity index (χ1) is 17.8. The zero-order valence-corrected chi connectivity index (χ0v) is 22.0. The van der Waals surface area contributed by atoms with E-state index in [-0.39, 0.29) is 61.4 Å². The first-order valence-corrected chi connectivity index (χ1v) is 13.1. The summed E-state index contributed by atoms with van der Waals surface area (Å²) < 4.78 is 0. The van der Waals surface area contributed by atoms with Crippen molar-refractivity contribution >= 4 is 46.8 Å². The quantitative estimate of drug-likeness (QED) is 0.383. The minimum Gasteiger partial charge on any atom is -0.357 e. The van der Waals surface area contributed by atoms with Crippen molar-refractivity contribution in [1.82, 2.24) is 15.1 Å². The first-order valence-electron chi connectivity index (χ1n) is 12.3. The molecule has 0 spiro atoms. The number of carbonyl (C=O) groups is 4. The molecule has 3 atom stereocenters. The molecule has 9 heteroatoms. The minimum atomic E-state index is -0.857. The maximum absolute atomic E-state index is 13.7. The monoisotopic (exact) mass is 541 g/mol. The second-order valence-corrected chi connectivity index (χ2v) is 10.1. The average molecular weight is 542 g/mol. The molecule has 2 aromatic rings. The number of hydrogen-bond donors (Lipinski definition) is 1. The van der Waals surface area contributed by atoms with Crippen LogP contribution in [-0.2, 0) is 32.1 Å². The highest BCUT2D eigenvalue weighted by molar-refractivity contribution is 6.36. The summed E-state index contributed by atoms with van der Waals surface area (Å²) in [5, 5.41) is 3.41. The van der Waals surface area contributed by atoms with Crippen molar-refractivity contribution in [3.8, 4) is 0 Å².